The van der Waals surface area contributed by atoms with Crippen LogP contribution in [0.5, 0.6) is 0 Å². The van der Waals surface area contributed by atoms with Gasteiger partial charge in [0, 0.05) is 39.0 Å². The van der Waals surface area contributed by atoms with Gasteiger partial charge in [0.25, 0.3) is 0 Å². The van der Waals surface area contributed by atoms with E-state index in [4.69, 9.17) is 15.0 Å². The summed E-state index contributed by atoms with van der Waals surface area (Å²) < 4.78 is 3.71. The van der Waals surface area contributed by atoms with E-state index in [9.17, 15) is 0 Å². The number of hydrogen-bond donors (Lipinski definition) is 0. The van der Waals surface area contributed by atoms with Crippen LogP contribution in [0.25, 0.3) is 64.8 Å². The number of aromatic nitrogens is 4. The monoisotopic (exact) mass is 504 g/mol. The van der Waals surface area contributed by atoms with Gasteiger partial charge in [0.1, 0.15) is 5.82 Å². The molecule has 1 aliphatic carbocycles. The van der Waals surface area contributed by atoms with Crippen LogP contribution >= 0.6 is 11.3 Å². The predicted molar refractivity (Wildman–Crippen MR) is 158 cm³/mol. The van der Waals surface area contributed by atoms with Crippen molar-refractivity contribution in [2.45, 2.75) is 12.3 Å². The lowest BCUT2D eigenvalue weighted by Gasteiger charge is -2.18. The molecule has 9 rings (SSSR count). The molecule has 1 unspecified atom stereocenters. The number of benzene rings is 4. The minimum Gasteiger partial charge on any atom is -0.308 e. The lowest BCUT2D eigenvalue weighted by atomic mass is 9.88. The predicted octanol–water partition coefficient (Wildman–Crippen LogP) is 8.52. The van der Waals surface area contributed by atoms with Crippen molar-refractivity contribution in [3.8, 4) is 0 Å². The third kappa shape index (κ3) is 2.71. The molecular formula is C33H20N4S. The van der Waals surface area contributed by atoms with Crippen LogP contribution in [-0.4, -0.2) is 19.4 Å². The van der Waals surface area contributed by atoms with Gasteiger partial charge in [-0.3, -0.25) is 0 Å². The third-order valence-electron chi connectivity index (χ3n) is 8.05. The van der Waals surface area contributed by atoms with Crippen LogP contribution in [0.15, 0.2) is 103 Å². The molecule has 5 heteroatoms. The molecule has 0 aliphatic heterocycles. The minimum atomic E-state index is 0.155. The average Bonchev–Trinajstić information content (AvgIpc) is 3.67. The molecule has 4 nitrogen and oxygen atoms in total. The molecule has 0 bridgehead atoms. The van der Waals surface area contributed by atoms with Gasteiger partial charge >= 0.3 is 0 Å². The topological polar surface area (TPSA) is 43.1 Å². The van der Waals surface area contributed by atoms with Crippen molar-refractivity contribution >= 4 is 76.1 Å². The van der Waals surface area contributed by atoms with Gasteiger partial charge < -0.3 is 4.40 Å². The Bertz CT molecular complexity index is 2280. The van der Waals surface area contributed by atoms with E-state index in [2.05, 4.69) is 83.3 Å². The Morgan fingerprint density at radius 3 is 2.71 bits per heavy atom. The zero-order valence-electron chi connectivity index (χ0n) is 20.3. The van der Waals surface area contributed by atoms with E-state index in [1.165, 1.54) is 53.9 Å². The van der Waals surface area contributed by atoms with Gasteiger partial charge in [-0.2, -0.15) is 0 Å². The summed E-state index contributed by atoms with van der Waals surface area (Å²) in [5.74, 6) is 1.03. The van der Waals surface area contributed by atoms with E-state index in [1.807, 2.05) is 23.8 Å². The van der Waals surface area contributed by atoms with E-state index in [0.717, 1.165) is 28.7 Å². The van der Waals surface area contributed by atoms with Gasteiger partial charge in [-0.05, 0) is 47.9 Å². The SMILES string of the molecule is C1=CC(c2ncc3ccccc3n2)CC(c2ccc3c(c2)c2c4scnc4cc4c5ccccc5n3c42)=C1. The van der Waals surface area contributed by atoms with E-state index in [1.54, 1.807) is 11.3 Å². The van der Waals surface area contributed by atoms with Crippen LogP contribution in [0.2, 0.25) is 0 Å². The first kappa shape index (κ1) is 20.4. The van der Waals surface area contributed by atoms with Crippen molar-refractivity contribution in [1.29, 1.82) is 0 Å². The highest BCUT2D eigenvalue weighted by Crippen LogP contribution is 2.45. The second-order valence-electron chi connectivity index (χ2n) is 10.1. The van der Waals surface area contributed by atoms with Gasteiger partial charge in [-0.1, -0.05) is 60.7 Å². The smallest absolute Gasteiger partial charge is 0.136 e. The molecule has 0 amide bonds. The van der Waals surface area contributed by atoms with Crippen LogP contribution in [0.4, 0.5) is 0 Å². The van der Waals surface area contributed by atoms with Crippen molar-refractivity contribution in [2.75, 3.05) is 0 Å². The summed E-state index contributed by atoms with van der Waals surface area (Å²) >= 11 is 1.73. The summed E-state index contributed by atoms with van der Waals surface area (Å²) in [5, 5.41) is 6.24. The lowest BCUT2D eigenvalue weighted by molar-refractivity contribution is 0.790. The maximum atomic E-state index is 4.89. The highest BCUT2D eigenvalue weighted by Gasteiger charge is 2.23. The summed E-state index contributed by atoms with van der Waals surface area (Å²) in [5.41, 5.74) is 10.4. The van der Waals surface area contributed by atoms with Gasteiger partial charge in [-0.15, -0.1) is 11.3 Å². The first-order valence-electron chi connectivity index (χ1n) is 12.9. The van der Waals surface area contributed by atoms with E-state index >= 15 is 0 Å². The molecule has 38 heavy (non-hydrogen) atoms. The van der Waals surface area contributed by atoms with Crippen LogP contribution in [0, 0.1) is 0 Å². The fourth-order valence-corrected chi connectivity index (χ4v) is 7.14. The molecule has 4 aromatic heterocycles. The Balaban J connectivity index is 1.23. The number of fused-ring (bicyclic) bond motifs is 9. The van der Waals surface area contributed by atoms with E-state index in [-0.39, 0.29) is 5.92 Å². The van der Waals surface area contributed by atoms with Crippen molar-refractivity contribution in [1.82, 2.24) is 19.4 Å². The zero-order chi connectivity index (χ0) is 24.8. The average molecular weight is 505 g/mol. The molecule has 0 radical (unpaired) electrons. The maximum Gasteiger partial charge on any atom is 0.136 e. The van der Waals surface area contributed by atoms with Crippen LogP contribution in [0.1, 0.15) is 23.7 Å². The second-order valence-corrected chi connectivity index (χ2v) is 11.0. The highest BCUT2D eigenvalue weighted by molar-refractivity contribution is 7.18. The van der Waals surface area contributed by atoms with Crippen molar-refractivity contribution in [3.63, 3.8) is 0 Å². The summed E-state index contributed by atoms with van der Waals surface area (Å²) in [6.07, 6.45) is 9.45. The van der Waals surface area contributed by atoms with Crippen LogP contribution in [0.3, 0.4) is 0 Å². The number of para-hydroxylation sites is 2. The molecule has 0 N–H and O–H groups in total. The first-order valence-corrected chi connectivity index (χ1v) is 13.7. The normalized spacial score (nSPS) is 16.1. The molecule has 178 valence electrons. The van der Waals surface area contributed by atoms with E-state index in [0.29, 0.717) is 0 Å². The molecule has 0 saturated heterocycles. The summed E-state index contributed by atoms with van der Waals surface area (Å²) in [6, 6.07) is 26.1. The lowest BCUT2D eigenvalue weighted by Crippen LogP contribution is -2.05. The van der Waals surface area contributed by atoms with Crippen LogP contribution in [-0.2, 0) is 0 Å². The Kier molecular flexibility index (Phi) is 4.02. The summed E-state index contributed by atoms with van der Waals surface area (Å²) in [6.45, 7) is 0. The molecule has 1 aliphatic rings. The Labute approximate surface area is 221 Å². The quantitative estimate of drug-likeness (QED) is 0.237. The fourth-order valence-electron chi connectivity index (χ4n) is 6.31. The fraction of sp³-hybridized carbons (Fsp3) is 0.0606. The number of rotatable bonds is 2. The van der Waals surface area contributed by atoms with Gasteiger partial charge in [0.2, 0.25) is 0 Å². The van der Waals surface area contributed by atoms with Crippen molar-refractivity contribution in [2.24, 2.45) is 0 Å². The standard InChI is InChI=1S/C33H20N4S/c1-3-10-26-22(6-1)17-34-33(36-26)21-8-5-7-19(14-21)20-12-13-29-25(15-20)30-31-24(16-27-32(30)38-18-35-27)23-9-2-4-11-28(23)37(29)31/h1-13,15-18,21H,14H2. The number of allylic oxidation sites excluding steroid dienone is 4. The zero-order valence-corrected chi connectivity index (χ0v) is 21.1. The van der Waals surface area contributed by atoms with Crippen LogP contribution < -0.4 is 0 Å². The maximum absolute atomic E-state index is 4.89. The van der Waals surface area contributed by atoms with Gasteiger partial charge in [-0.25, -0.2) is 15.0 Å². The summed E-state index contributed by atoms with van der Waals surface area (Å²) in [4.78, 5) is 14.3. The molecule has 0 fully saturated rings. The Morgan fingerprint density at radius 2 is 1.71 bits per heavy atom. The minimum absolute atomic E-state index is 0.155. The van der Waals surface area contributed by atoms with E-state index < -0.39 is 0 Å². The molecule has 0 saturated carbocycles. The number of nitrogens with zero attached hydrogens (tertiary/aromatic N) is 4. The van der Waals surface area contributed by atoms with Crippen molar-refractivity contribution < 1.29 is 0 Å². The first-order chi connectivity index (χ1) is 18.8. The molecule has 0 spiro atoms. The molecule has 4 heterocycles. The van der Waals surface area contributed by atoms with Crippen molar-refractivity contribution in [3.05, 3.63) is 114 Å². The van der Waals surface area contributed by atoms with Gasteiger partial charge in [0.05, 0.1) is 37.8 Å². The largest absolute Gasteiger partial charge is 0.308 e. The highest BCUT2D eigenvalue weighted by atomic mass is 32.1. The van der Waals surface area contributed by atoms with Gasteiger partial charge in [0.15, 0.2) is 0 Å². The molecule has 1 atom stereocenters. The third-order valence-corrected chi connectivity index (χ3v) is 8.91. The summed E-state index contributed by atoms with van der Waals surface area (Å²) in [7, 11) is 0. The second kappa shape index (κ2) is 7.46. The molecule has 4 aromatic carbocycles. The Hall–Kier alpha value is -4.61. The number of hydrogen-bond acceptors (Lipinski definition) is 4. The number of thiazole rings is 1. The Morgan fingerprint density at radius 1 is 0.816 bits per heavy atom. The molecule has 8 aromatic rings. The molecular weight excluding hydrogens is 484 g/mol.